The predicted octanol–water partition coefficient (Wildman–Crippen LogP) is 6.23. The largest absolute Gasteiger partial charge is 0.207 e. The minimum atomic E-state index is -0.173. The van der Waals surface area contributed by atoms with Crippen molar-refractivity contribution in [2.75, 3.05) is 0 Å². The molecule has 0 bridgehead atoms. The summed E-state index contributed by atoms with van der Waals surface area (Å²) < 4.78 is 12.9. The molecule has 0 fully saturated rings. The molecule has 3 aromatic carbocycles. The van der Waals surface area contributed by atoms with E-state index in [9.17, 15) is 4.39 Å². The van der Waals surface area contributed by atoms with E-state index in [2.05, 4.69) is 55.5 Å². The summed E-state index contributed by atoms with van der Waals surface area (Å²) in [6.07, 6.45) is 4.23. The molecule has 0 spiro atoms. The van der Waals surface area contributed by atoms with Gasteiger partial charge in [-0.2, -0.15) is 0 Å². The third-order valence-corrected chi connectivity index (χ3v) is 4.40. The van der Waals surface area contributed by atoms with Crippen LogP contribution in [0.15, 0.2) is 72.8 Å². The Hall–Kier alpha value is -2.41. The second-order valence-electron chi connectivity index (χ2n) is 6.27. The van der Waals surface area contributed by atoms with Crippen LogP contribution in [-0.4, -0.2) is 0 Å². The number of rotatable bonds is 6. The third kappa shape index (κ3) is 4.32. The smallest absolute Gasteiger partial charge is 0.123 e. The lowest BCUT2D eigenvalue weighted by Crippen LogP contribution is -1.91. The Morgan fingerprint density at radius 1 is 0.542 bits per heavy atom. The Kier molecular flexibility index (Phi) is 5.43. The first-order chi connectivity index (χ1) is 11.7. The van der Waals surface area contributed by atoms with Crippen molar-refractivity contribution in [2.24, 2.45) is 0 Å². The number of benzene rings is 3. The second kappa shape index (κ2) is 7.92. The van der Waals surface area contributed by atoms with Gasteiger partial charge in [-0.25, -0.2) is 4.39 Å². The van der Waals surface area contributed by atoms with E-state index in [1.165, 1.54) is 46.4 Å². The van der Waals surface area contributed by atoms with Crippen LogP contribution in [0.4, 0.5) is 4.39 Å². The molecule has 0 aliphatic rings. The molecule has 0 aliphatic heterocycles. The van der Waals surface area contributed by atoms with Gasteiger partial charge in [-0.1, -0.05) is 74.0 Å². The van der Waals surface area contributed by atoms with Crippen LogP contribution in [0, 0.1) is 5.82 Å². The van der Waals surface area contributed by atoms with Crippen LogP contribution >= 0.6 is 0 Å². The molecule has 3 aromatic rings. The van der Waals surface area contributed by atoms with Gasteiger partial charge < -0.3 is 0 Å². The van der Waals surface area contributed by atoms with Crippen LogP contribution in [0.1, 0.15) is 30.0 Å². The zero-order valence-corrected chi connectivity index (χ0v) is 14.1. The van der Waals surface area contributed by atoms with E-state index in [1.54, 1.807) is 0 Å². The molecule has 1 heteroatoms. The molecule has 0 aromatic heterocycles. The van der Waals surface area contributed by atoms with Crippen molar-refractivity contribution < 1.29 is 4.39 Å². The molecule has 0 nitrogen and oxygen atoms in total. The molecule has 0 radical (unpaired) electrons. The van der Waals surface area contributed by atoms with Crippen LogP contribution in [0.25, 0.3) is 11.1 Å². The van der Waals surface area contributed by atoms with Gasteiger partial charge in [0.25, 0.3) is 0 Å². The van der Waals surface area contributed by atoms with E-state index in [4.69, 9.17) is 0 Å². The fourth-order valence-electron chi connectivity index (χ4n) is 2.96. The zero-order valence-electron chi connectivity index (χ0n) is 14.1. The molecule has 0 amide bonds. The molecule has 122 valence electrons. The maximum Gasteiger partial charge on any atom is 0.123 e. The number of hydrogen-bond donors (Lipinski definition) is 0. The van der Waals surface area contributed by atoms with Crippen molar-refractivity contribution >= 4 is 0 Å². The molecule has 0 N–H and O–H groups in total. The minimum Gasteiger partial charge on any atom is -0.207 e. The normalized spacial score (nSPS) is 10.8. The number of hydrogen-bond acceptors (Lipinski definition) is 0. The van der Waals surface area contributed by atoms with Gasteiger partial charge in [0.15, 0.2) is 0 Å². The summed E-state index contributed by atoms with van der Waals surface area (Å²) in [7, 11) is 0. The monoisotopic (exact) mass is 318 g/mol. The lowest BCUT2D eigenvalue weighted by molar-refractivity contribution is 0.627. The minimum absolute atomic E-state index is 0.173. The van der Waals surface area contributed by atoms with Gasteiger partial charge in [0.05, 0.1) is 0 Å². The molecule has 3 rings (SSSR count). The summed E-state index contributed by atoms with van der Waals surface area (Å²) in [6, 6.07) is 24.4. The van der Waals surface area contributed by atoms with Crippen molar-refractivity contribution in [2.45, 2.75) is 32.6 Å². The summed E-state index contributed by atoms with van der Waals surface area (Å²) in [4.78, 5) is 0. The lowest BCUT2D eigenvalue weighted by Gasteiger charge is -2.06. The molecule has 24 heavy (non-hydrogen) atoms. The maximum absolute atomic E-state index is 12.9. The van der Waals surface area contributed by atoms with E-state index in [0.29, 0.717) is 0 Å². The Morgan fingerprint density at radius 3 is 1.33 bits per heavy atom. The van der Waals surface area contributed by atoms with Gasteiger partial charge >= 0.3 is 0 Å². The lowest BCUT2D eigenvalue weighted by atomic mass is 9.99. The van der Waals surface area contributed by atoms with Gasteiger partial charge in [-0.3, -0.25) is 0 Å². The van der Waals surface area contributed by atoms with Crippen LogP contribution in [0.2, 0.25) is 0 Å². The van der Waals surface area contributed by atoms with Gasteiger partial charge in [0.2, 0.25) is 0 Å². The van der Waals surface area contributed by atoms with E-state index in [-0.39, 0.29) is 5.82 Å². The van der Waals surface area contributed by atoms with Crippen LogP contribution in [0.5, 0.6) is 0 Å². The van der Waals surface area contributed by atoms with E-state index >= 15 is 0 Å². The summed E-state index contributed by atoms with van der Waals surface area (Å²) in [5.74, 6) is -0.173. The van der Waals surface area contributed by atoms with Gasteiger partial charge in [-0.05, 0) is 59.2 Å². The number of halogens is 1. The second-order valence-corrected chi connectivity index (χ2v) is 6.27. The van der Waals surface area contributed by atoms with Crippen molar-refractivity contribution in [3.05, 3.63) is 95.3 Å². The summed E-state index contributed by atoms with van der Waals surface area (Å²) in [6.45, 7) is 2.21. The first-order valence-corrected chi connectivity index (χ1v) is 8.67. The van der Waals surface area contributed by atoms with Crippen molar-refractivity contribution in [3.8, 4) is 11.1 Å². The Morgan fingerprint density at radius 2 is 0.917 bits per heavy atom. The fraction of sp³-hybridized carbons (Fsp3) is 0.217. The van der Waals surface area contributed by atoms with Gasteiger partial charge in [-0.15, -0.1) is 0 Å². The topological polar surface area (TPSA) is 0 Å². The summed E-state index contributed by atoms with van der Waals surface area (Å²) >= 11 is 0. The highest BCUT2D eigenvalue weighted by atomic mass is 19.1. The highest BCUT2D eigenvalue weighted by Gasteiger charge is 2.00. The molecule has 0 unspecified atom stereocenters. The zero-order chi connectivity index (χ0) is 16.8. The van der Waals surface area contributed by atoms with Crippen molar-refractivity contribution in [3.63, 3.8) is 0 Å². The third-order valence-electron chi connectivity index (χ3n) is 4.40. The molecule has 0 saturated heterocycles. The Balaban J connectivity index is 1.63. The maximum atomic E-state index is 12.9. The molecule has 0 aliphatic carbocycles. The van der Waals surface area contributed by atoms with E-state index < -0.39 is 0 Å². The highest BCUT2D eigenvalue weighted by molar-refractivity contribution is 5.64. The standard InChI is InChI=1S/C23H23F/c1-2-3-18-6-12-21(13-7-18)22-14-8-19(9-15-22)4-5-20-10-16-23(24)17-11-20/h6-17H,2-5H2,1H3. The Bertz CT molecular complexity index is 753. The summed E-state index contributed by atoms with van der Waals surface area (Å²) in [5, 5.41) is 0. The molecule has 0 saturated carbocycles. The quantitative estimate of drug-likeness (QED) is 0.505. The first-order valence-electron chi connectivity index (χ1n) is 8.67. The first kappa shape index (κ1) is 16.4. The Labute approximate surface area is 144 Å². The predicted molar refractivity (Wildman–Crippen MR) is 99.7 cm³/mol. The molecule has 0 atom stereocenters. The highest BCUT2D eigenvalue weighted by Crippen LogP contribution is 2.21. The average molecular weight is 318 g/mol. The SMILES string of the molecule is CCCc1ccc(-c2ccc(CCc3ccc(F)cc3)cc2)cc1. The van der Waals surface area contributed by atoms with Crippen molar-refractivity contribution in [1.82, 2.24) is 0 Å². The van der Waals surface area contributed by atoms with E-state index in [1.807, 2.05) is 12.1 Å². The van der Waals surface area contributed by atoms with Crippen LogP contribution in [0.3, 0.4) is 0 Å². The average Bonchev–Trinajstić information content (AvgIpc) is 2.63. The molecule has 0 heterocycles. The van der Waals surface area contributed by atoms with Crippen molar-refractivity contribution in [1.29, 1.82) is 0 Å². The molecular formula is C23H23F. The molecular weight excluding hydrogens is 295 g/mol. The van der Waals surface area contributed by atoms with Crippen LogP contribution in [-0.2, 0) is 19.3 Å². The van der Waals surface area contributed by atoms with Gasteiger partial charge in [0, 0.05) is 0 Å². The van der Waals surface area contributed by atoms with E-state index in [0.717, 1.165) is 19.3 Å². The van der Waals surface area contributed by atoms with Crippen LogP contribution < -0.4 is 0 Å². The summed E-state index contributed by atoms with van der Waals surface area (Å²) in [5.41, 5.74) is 6.40. The number of aryl methyl sites for hydroxylation is 3. The van der Waals surface area contributed by atoms with Gasteiger partial charge in [0.1, 0.15) is 5.82 Å². The fourth-order valence-corrected chi connectivity index (χ4v) is 2.96.